The zero-order valence-electron chi connectivity index (χ0n) is 11.9. The third-order valence-electron chi connectivity index (χ3n) is 4.07. The third kappa shape index (κ3) is 4.54. The summed E-state index contributed by atoms with van der Waals surface area (Å²) in [5, 5.41) is 12.5. The summed E-state index contributed by atoms with van der Waals surface area (Å²) in [4.78, 5) is 5.03. The molecule has 1 rings (SSSR count). The predicted octanol–water partition coefficient (Wildman–Crippen LogP) is 0.373. The normalized spacial score (nSPS) is 22.9. The third-order valence-corrected chi connectivity index (χ3v) is 4.07. The lowest BCUT2D eigenvalue weighted by Gasteiger charge is -2.38. The fourth-order valence-electron chi connectivity index (χ4n) is 2.19. The van der Waals surface area contributed by atoms with Gasteiger partial charge in [0.05, 0.1) is 6.61 Å². The first-order valence-electron chi connectivity index (χ1n) is 6.77. The average Bonchev–Trinajstić information content (AvgIpc) is 2.36. The summed E-state index contributed by atoms with van der Waals surface area (Å²) in [6.45, 7) is 12.5. The molecule has 0 radical (unpaired) electrons. The van der Waals surface area contributed by atoms with Crippen LogP contribution in [-0.4, -0.2) is 72.9 Å². The Bertz CT molecular complexity index is 209. The highest BCUT2D eigenvalue weighted by Gasteiger charge is 2.24. The molecule has 2 N–H and O–H groups in total. The summed E-state index contributed by atoms with van der Waals surface area (Å²) in [6, 6.07) is 0.664. The van der Waals surface area contributed by atoms with Crippen LogP contribution in [0.5, 0.6) is 0 Å². The monoisotopic (exact) mass is 243 g/mol. The SMILES string of the molecule is CNC(C)(CO)CCN1CCN(C(C)C)CC1. The van der Waals surface area contributed by atoms with Gasteiger partial charge in [0.25, 0.3) is 0 Å². The second kappa shape index (κ2) is 6.69. The van der Waals surface area contributed by atoms with Crippen molar-refractivity contribution >= 4 is 0 Å². The Kier molecular flexibility index (Phi) is 5.86. The van der Waals surface area contributed by atoms with Gasteiger partial charge in [0, 0.05) is 44.3 Å². The van der Waals surface area contributed by atoms with Crippen LogP contribution < -0.4 is 5.32 Å². The van der Waals surface area contributed by atoms with Crippen LogP contribution in [0.25, 0.3) is 0 Å². The molecule has 102 valence electrons. The molecule has 17 heavy (non-hydrogen) atoms. The van der Waals surface area contributed by atoms with Crippen molar-refractivity contribution < 1.29 is 5.11 Å². The number of aliphatic hydroxyl groups excluding tert-OH is 1. The van der Waals surface area contributed by atoms with Gasteiger partial charge in [-0.15, -0.1) is 0 Å². The number of aliphatic hydroxyl groups is 1. The Morgan fingerprint density at radius 3 is 2.24 bits per heavy atom. The van der Waals surface area contributed by atoms with Crippen LogP contribution in [0.15, 0.2) is 0 Å². The van der Waals surface area contributed by atoms with Crippen molar-refractivity contribution in [1.29, 1.82) is 0 Å². The molecule has 0 spiro atoms. The number of hydrogen-bond acceptors (Lipinski definition) is 4. The van der Waals surface area contributed by atoms with Crippen molar-refractivity contribution in [1.82, 2.24) is 15.1 Å². The highest BCUT2D eigenvalue weighted by atomic mass is 16.3. The maximum atomic E-state index is 9.34. The van der Waals surface area contributed by atoms with Crippen LogP contribution in [0.3, 0.4) is 0 Å². The molecule has 4 heteroatoms. The molecule has 1 aliphatic rings. The molecule has 1 fully saturated rings. The van der Waals surface area contributed by atoms with Gasteiger partial charge in [0.2, 0.25) is 0 Å². The van der Waals surface area contributed by atoms with Crippen LogP contribution in [-0.2, 0) is 0 Å². The number of likely N-dealkylation sites (N-methyl/N-ethyl adjacent to an activating group) is 1. The summed E-state index contributed by atoms with van der Waals surface area (Å²) >= 11 is 0. The molecule has 1 saturated heterocycles. The zero-order chi connectivity index (χ0) is 12.9. The lowest BCUT2D eigenvalue weighted by Crippen LogP contribution is -2.51. The number of nitrogens with one attached hydrogen (secondary N) is 1. The molecule has 0 aromatic heterocycles. The van der Waals surface area contributed by atoms with Crippen molar-refractivity contribution in [2.75, 3.05) is 46.4 Å². The minimum atomic E-state index is -0.130. The van der Waals surface area contributed by atoms with E-state index < -0.39 is 0 Å². The topological polar surface area (TPSA) is 38.7 Å². The van der Waals surface area contributed by atoms with Gasteiger partial charge in [-0.3, -0.25) is 4.90 Å². The standard InChI is InChI=1S/C13H29N3O/c1-12(2)16-9-7-15(8-10-16)6-5-13(3,11-17)14-4/h12,14,17H,5-11H2,1-4H3. The van der Waals surface area contributed by atoms with Gasteiger partial charge >= 0.3 is 0 Å². The van der Waals surface area contributed by atoms with Crippen molar-refractivity contribution in [3.63, 3.8) is 0 Å². The molecule has 1 aliphatic heterocycles. The van der Waals surface area contributed by atoms with Gasteiger partial charge in [-0.25, -0.2) is 0 Å². The summed E-state index contributed by atoms with van der Waals surface area (Å²) in [5.41, 5.74) is -0.130. The summed E-state index contributed by atoms with van der Waals surface area (Å²) in [6.07, 6.45) is 1.00. The smallest absolute Gasteiger partial charge is 0.0610 e. The Morgan fingerprint density at radius 1 is 1.24 bits per heavy atom. The van der Waals surface area contributed by atoms with Crippen molar-refractivity contribution in [2.45, 2.75) is 38.8 Å². The van der Waals surface area contributed by atoms with E-state index in [-0.39, 0.29) is 12.1 Å². The van der Waals surface area contributed by atoms with Gasteiger partial charge in [-0.1, -0.05) is 0 Å². The van der Waals surface area contributed by atoms with Gasteiger partial charge < -0.3 is 15.3 Å². The van der Waals surface area contributed by atoms with Crippen molar-refractivity contribution in [3.8, 4) is 0 Å². The molecule has 0 aliphatic carbocycles. The van der Waals surface area contributed by atoms with E-state index in [1.807, 2.05) is 7.05 Å². The van der Waals surface area contributed by atoms with E-state index in [0.717, 1.165) is 26.1 Å². The van der Waals surface area contributed by atoms with E-state index in [2.05, 4.69) is 35.9 Å². The quantitative estimate of drug-likeness (QED) is 0.707. The molecule has 0 amide bonds. The van der Waals surface area contributed by atoms with E-state index in [4.69, 9.17) is 0 Å². The largest absolute Gasteiger partial charge is 0.394 e. The van der Waals surface area contributed by atoms with Gasteiger partial charge in [-0.05, 0) is 34.2 Å². The molecule has 0 aromatic carbocycles. The molecule has 1 heterocycles. The van der Waals surface area contributed by atoms with Crippen LogP contribution in [0.4, 0.5) is 0 Å². The molecular weight excluding hydrogens is 214 g/mol. The number of rotatable bonds is 6. The van der Waals surface area contributed by atoms with E-state index in [9.17, 15) is 5.11 Å². The minimum Gasteiger partial charge on any atom is -0.394 e. The second-order valence-electron chi connectivity index (χ2n) is 5.69. The molecular formula is C13H29N3O. The number of hydrogen-bond donors (Lipinski definition) is 2. The van der Waals surface area contributed by atoms with Crippen LogP contribution in [0.2, 0.25) is 0 Å². The Labute approximate surface area is 106 Å². The Balaban J connectivity index is 2.27. The van der Waals surface area contributed by atoms with Gasteiger partial charge in [0.1, 0.15) is 0 Å². The highest BCUT2D eigenvalue weighted by molar-refractivity contribution is 4.83. The van der Waals surface area contributed by atoms with E-state index in [1.165, 1.54) is 13.1 Å². The Morgan fingerprint density at radius 2 is 1.82 bits per heavy atom. The van der Waals surface area contributed by atoms with Crippen LogP contribution in [0, 0.1) is 0 Å². The highest BCUT2D eigenvalue weighted by Crippen LogP contribution is 2.11. The number of piperazine rings is 1. The van der Waals surface area contributed by atoms with E-state index in [0.29, 0.717) is 6.04 Å². The van der Waals surface area contributed by atoms with Gasteiger partial charge in [0.15, 0.2) is 0 Å². The van der Waals surface area contributed by atoms with Crippen LogP contribution >= 0.6 is 0 Å². The fourth-order valence-corrected chi connectivity index (χ4v) is 2.19. The first-order valence-corrected chi connectivity index (χ1v) is 6.77. The lowest BCUT2D eigenvalue weighted by molar-refractivity contribution is 0.0925. The first-order chi connectivity index (χ1) is 8.00. The zero-order valence-corrected chi connectivity index (χ0v) is 11.9. The molecule has 1 atom stereocenters. The summed E-state index contributed by atoms with van der Waals surface area (Å²) in [7, 11) is 1.92. The van der Waals surface area contributed by atoms with Crippen molar-refractivity contribution in [3.05, 3.63) is 0 Å². The first kappa shape index (κ1) is 14.9. The second-order valence-corrected chi connectivity index (χ2v) is 5.69. The molecule has 0 saturated carbocycles. The molecule has 0 bridgehead atoms. The number of nitrogens with zero attached hydrogens (tertiary/aromatic N) is 2. The van der Waals surface area contributed by atoms with E-state index >= 15 is 0 Å². The minimum absolute atomic E-state index is 0.130. The fraction of sp³-hybridized carbons (Fsp3) is 1.00. The maximum Gasteiger partial charge on any atom is 0.0610 e. The Hall–Kier alpha value is -0.160. The van der Waals surface area contributed by atoms with Gasteiger partial charge in [-0.2, -0.15) is 0 Å². The average molecular weight is 243 g/mol. The summed E-state index contributed by atoms with van der Waals surface area (Å²) in [5.74, 6) is 0. The van der Waals surface area contributed by atoms with Crippen LogP contribution in [0.1, 0.15) is 27.2 Å². The molecule has 0 aromatic rings. The van der Waals surface area contributed by atoms with E-state index in [1.54, 1.807) is 0 Å². The molecule has 4 nitrogen and oxygen atoms in total. The predicted molar refractivity (Wildman–Crippen MR) is 72.3 cm³/mol. The summed E-state index contributed by atoms with van der Waals surface area (Å²) < 4.78 is 0. The maximum absolute atomic E-state index is 9.34. The van der Waals surface area contributed by atoms with Crippen molar-refractivity contribution in [2.24, 2.45) is 0 Å². The lowest BCUT2D eigenvalue weighted by atomic mass is 9.99. The molecule has 1 unspecified atom stereocenters.